The summed E-state index contributed by atoms with van der Waals surface area (Å²) in [6.07, 6.45) is 0.920. The van der Waals surface area contributed by atoms with E-state index in [0.29, 0.717) is 5.92 Å². The van der Waals surface area contributed by atoms with Crippen LogP contribution in [0.1, 0.15) is 29.7 Å². The van der Waals surface area contributed by atoms with Crippen LogP contribution in [0.5, 0.6) is 0 Å². The van der Waals surface area contributed by atoms with Crippen LogP contribution in [0.2, 0.25) is 0 Å². The van der Waals surface area contributed by atoms with Gasteiger partial charge in [-0.25, -0.2) is 5.43 Å². The Morgan fingerprint density at radius 3 is 2.75 bits per heavy atom. The van der Waals surface area contributed by atoms with Gasteiger partial charge in [-0.1, -0.05) is 36.4 Å². The number of carbonyl (C=O) groups is 1. The second-order valence-electron chi connectivity index (χ2n) is 5.01. The molecule has 1 aromatic heterocycles. The van der Waals surface area contributed by atoms with Gasteiger partial charge in [0, 0.05) is 10.8 Å². The molecule has 1 heterocycles. The summed E-state index contributed by atoms with van der Waals surface area (Å²) in [5.41, 5.74) is 4.78. The Kier molecular flexibility index (Phi) is 3.65. The van der Waals surface area contributed by atoms with Crippen LogP contribution in [-0.4, -0.2) is 11.6 Å². The molecular formula is C16H16N2OS. The quantitative estimate of drug-likeness (QED) is 0.678. The number of hydrogen-bond donors (Lipinski definition) is 1. The number of carbonyl (C=O) groups excluding carboxylic acids is 1. The minimum Gasteiger partial charge on any atom is -0.273 e. The van der Waals surface area contributed by atoms with Gasteiger partial charge in [0.1, 0.15) is 0 Å². The topological polar surface area (TPSA) is 41.5 Å². The van der Waals surface area contributed by atoms with E-state index >= 15 is 0 Å². The van der Waals surface area contributed by atoms with Crippen molar-refractivity contribution in [3.05, 3.63) is 58.3 Å². The van der Waals surface area contributed by atoms with Gasteiger partial charge in [0.05, 0.1) is 5.71 Å². The van der Waals surface area contributed by atoms with Crippen molar-refractivity contribution < 1.29 is 4.79 Å². The average molecular weight is 284 g/mol. The van der Waals surface area contributed by atoms with Crippen molar-refractivity contribution >= 4 is 23.0 Å². The molecule has 20 heavy (non-hydrogen) atoms. The molecule has 1 aliphatic carbocycles. The van der Waals surface area contributed by atoms with E-state index in [1.54, 1.807) is 11.3 Å². The fourth-order valence-corrected chi connectivity index (χ4v) is 2.99. The number of nitrogens with one attached hydrogen (secondary N) is 1. The van der Waals surface area contributed by atoms with E-state index in [4.69, 9.17) is 0 Å². The number of hydrogen-bond acceptors (Lipinski definition) is 3. The molecule has 102 valence electrons. The summed E-state index contributed by atoms with van der Waals surface area (Å²) in [4.78, 5) is 13.1. The average Bonchev–Trinajstić information content (AvgIpc) is 3.10. The molecule has 0 radical (unpaired) electrons. The van der Waals surface area contributed by atoms with Crippen LogP contribution in [0.25, 0.3) is 0 Å². The number of nitrogens with zero attached hydrogens (tertiary/aromatic N) is 1. The molecule has 2 aromatic rings. The Hall–Kier alpha value is -1.94. The van der Waals surface area contributed by atoms with E-state index in [1.165, 1.54) is 5.56 Å². The maximum Gasteiger partial charge on any atom is 0.243 e. The van der Waals surface area contributed by atoms with Crippen molar-refractivity contribution in [3.8, 4) is 0 Å². The summed E-state index contributed by atoms with van der Waals surface area (Å²) in [7, 11) is 0. The van der Waals surface area contributed by atoms with Gasteiger partial charge >= 0.3 is 0 Å². The monoisotopic (exact) mass is 284 g/mol. The van der Waals surface area contributed by atoms with Crippen LogP contribution in [0.3, 0.4) is 0 Å². The van der Waals surface area contributed by atoms with E-state index in [0.717, 1.165) is 17.0 Å². The van der Waals surface area contributed by atoms with Gasteiger partial charge in [0.2, 0.25) is 5.91 Å². The minimum atomic E-state index is 0.0229. The molecule has 1 saturated carbocycles. The number of benzene rings is 1. The van der Waals surface area contributed by atoms with E-state index in [1.807, 2.05) is 42.6 Å². The summed E-state index contributed by atoms with van der Waals surface area (Å²) in [6, 6.07) is 14.2. The predicted molar refractivity (Wildman–Crippen MR) is 82.0 cm³/mol. The summed E-state index contributed by atoms with van der Waals surface area (Å²) in [6.45, 7) is 1.91. The number of hydrazone groups is 1. The molecule has 0 bridgehead atoms. The summed E-state index contributed by atoms with van der Waals surface area (Å²) in [5.74, 6) is 0.445. The zero-order chi connectivity index (χ0) is 13.9. The zero-order valence-electron chi connectivity index (χ0n) is 11.2. The highest BCUT2D eigenvalue weighted by Gasteiger charge is 2.43. The SMILES string of the molecule is C/C(=N/NC(=O)[C@@H]1C[C@@H]1c1ccccc1)c1cccs1. The van der Waals surface area contributed by atoms with Gasteiger partial charge in [-0.2, -0.15) is 5.10 Å². The Labute approximate surface area is 122 Å². The largest absolute Gasteiger partial charge is 0.273 e. The van der Waals surface area contributed by atoms with Crippen LogP contribution in [0, 0.1) is 5.92 Å². The van der Waals surface area contributed by atoms with Gasteiger partial charge < -0.3 is 0 Å². The number of amides is 1. The molecular weight excluding hydrogens is 268 g/mol. The smallest absolute Gasteiger partial charge is 0.243 e. The first kappa shape index (κ1) is 13.1. The third kappa shape index (κ3) is 2.80. The first-order chi connectivity index (χ1) is 9.75. The Morgan fingerprint density at radius 1 is 1.25 bits per heavy atom. The van der Waals surface area contributed by atoms with Crippen molar-refractivity contribution in [3.63, 3.8) is 0 Å². The molecule has 1 amide bonds. The molecule has 4 heteroatoms. The van der Waals surface area contributed by atoms with E-state index < -0.39 is 0 Å². The van der Waals surface area contributed by atoms with Crippen molar-refractivity contribution in [2.75, 3.05) is 0 Å². The van der Waals surface area contributed by atoms with Gasteiger partial charge in [-0.15, -0.1) is 11.3 Å². The van der Waals surface area contributed by atoms with Crippen LogP contribution >= 0.6 is 11.3 Å². The normalized spacial score (nSPS) is 21.6. The van der Waals surface area contributed by atoms with E-state index in [9.17, 15) is 4.79 Å². The summed E-state index contributed by atoms with van der Waals surface area (Å²) in [5, 5.41) is 6.19. The second-order valence-corrected chi connectivity index (χ2v) is 5.96. The maximum atomic E-state index is 12.0. The molecule has 1 aliphatic rings. The molecule has 2 atom stereocenters. The Morgan fingerprint density at radius 2 is 2.05 bits per heavy atom. The molecule has 0 saturated heterocycles. The van der Waals surface area contributed by atoms with E-state index in [2.05, 4.69) is 22.7 Å². The van der Waals surface area contributed by atoms with Crippen LogP contribution in [-0.2, 0) is 4.79 Å². The molecule has 1 fully saturated rings. The molecule has 1 N–H and O–H groups in total. The summed E-state index contributed by atoms with van der Waals surface area (Å²) < 4.78 is 0. The highest BCUT2D eigenvalue weighted by atomic mass is 32.1. The Balaban J connectivity index is 1.58. The van der Waals surface area contributed by atoms with Crippen LogP contribution < -0.4 is 5.43 Å². The number of rotatable bonds is 4. The zero-order valence-corrected chi connectivity index (χ0v) is 12.1. The van der Waals surface area contributed by atoms with Crippen molar-refractivity contribution in [2.24, 2.45) is 11.0 Å². The lowest BCUT2D eigenvalue weighted by Gasteiger charge is -2.01. The fourth-order valence-electron chi connectivity index (χ4n) is 2.31. The van der Waals surface area contributed by atoms with Crippen molar-refractivity contribution in [1.82, 2.24) is 5.43 Å². The molecule has 1 aromatic carbocycles. The van der Waals surface area contributed by atoms with Crippen LogP contribution in [0.15, 0.2) is 52.9 Å². The number of thiophene rings is 1. The first-order valence-corrected chi connectivity index (χ1v) is 7.56. The summed E-state index contributed by atoms with van der Waals surface area (Å²) >= 11 is 1.62. The molecule has 3 nitrogen and oxygen atoms in total. The highest BCUT2D eigenvalue weighted by molar-refractivity contribution is 7.12. The van der Waals surface area contributed by atoms with Gasteiger partial charge in [0.15, 0.2) is 0 Å². The van der Waals surface area contributed by atoms with Gasteiger partial charge in [-0.05, 0) is 36.3 Å². The standard InChI is InChI=1S/C16H16N2OS/c1-11(15-8-5-9-20-15)17-18-16(19)14-10-13(14)12-6-3-2-4-7-12/h2-9,13-14H,10H2,1H3,(H,18,19)/b17-11-/t13-,14-/m1/s1. The lowest BCUT2D eigenvalue weighted by Crippen LogP contribution is -2.21. The third-order valence-electron chi connectivity index (χ3n) is 3.57. The molecule has 0 aliphatic heterocycles. The second kappa shape index (κ2) is 5.59. The van der Waals surface area contributed by atoms with Gasteiger partial charge in [-0.3, -0.25) is 4.79 Å². The molecule has 3 rings (SSSR count). The predicted octanol–water partition coefficient (Wildman–Crippen LogP) is 3.39. The lowest BCUT2D eigenvalue weighted by molar-refractivity contribution is -0.122. The fraction of sp³-hybridized carbons (Fsp3) is 0.250. The Bertz CT molecular complexity index is 619. The van der Waals surface area contributed by atoms with Crippen molar-refractivity contribution in [1.29, 1.82) is 0 Å². The highest BCUT2D eigenvalue weighted by Crippen LogP contribution is 2.47. The molecule has 0 unspecified atom stereocenters. The van der Waals surface area contributed by atoms with Crippen molar-refractivity contribution in [2.45, 2.75) is 19.3 Å². The maximum absolute atomic E-state index is 12.0. The van der Waals surface area contributed by atoms with Crippen LogP contribution in [0.4, 0.5) is 0 Å². The van der Waals surface area contributed by atoms with Gasteiger partial charge in [0.25, 0.3) is 0 Å². The molecule has 0 spiro atoms. The lowest BCUT2D eigenvalue weighted by atomic mass is 10.1. The van der Waals surface area contributed by atoms with E-state index in [-0.39, 0.29) is 11.8 Å². The minimum absolute atomic E-state index is 0.0229. The first-order valence-electron chi connectivity index (χ1n) is 6.68. The third-order valence-corrected chi connectivity index (χ3v) is 4.55.